The Kier molecular flexibility index (Phi) is 5.74. The summed E-state index contributed by atoms with van der Waals surface area (Å²) >= 11 is 0. The number of methoxy groups -OCH3 is 2. The van der Waals surface area contributed by atoms with Gasteiger partial charge in [-0.25, -0.2) is 4.79 Å². The number of ether oxygens (including phenoxy) is 4. The second-order valence-corrected chi connectivity index (χ2v) is 7.97. The fraction of sp³-hybridized carbons (Fsp3) is 0.143. The van der Waals surface area contributed by atoms with Crippen LogP contribution in [0.25, 0.3) is 17.0 Å². The van der Waals surface area contributed by atoms with Crippen molar-refractivity contribution in [3.05, 3.63) is 89.3 Å². The number of carbonyl (C=O) groups excluding carboxylic acids is 2. The summed E-state index contributed by atoms with van der Waals surface area (Å²) in [6, 6.07) is 17.3. The van der Waals surface area contributed by atoms with Gasteiger partial charge in [-0.15, -0.1) is 0 Å². The van der Waals surface area contributed by atoms with Gasteiger partial charge in [0.1, 0.15) is 23.0 Å². The fourth-order valence-corrected chi connectivity index (χ4v) is 4.10. The molecule has 0 unspecified atom stereocenters. The maximum Gasteiger partial charge on any atom is 0.343 e. The number of esters is 1. The van der Waals surface area contributed by atoms with Crippen LogP contribution in [-0.2, 0) is 6.54 Å². The molecule has 0 amide bonds. The second kappa shape index (κ2) is 9.02. The minimum atomic E-state index is -0.537. The first-order valence-corrected chi connectivity index (χ1v) is 11.1. The lowest BCUT2D eigenvalue weighted by Gasteiger charge is -2.07. The highest BCUT2D eigenvalue weighted by atomic mass is 16.5. The zero-order valence-corrected chi connectivity index (χ0v) is 19.5. The number of allylic oxidation sites excluding steroid dienone is 1. The number of fused-ring (bicyclic) bond motifs is 2. The fourth-order valence-electron chi connectivity index (χ4n) is 4.10. The molecule has 35 heavy (non-hydrogen) atoms. The predicted molar refractivity (Wildman–Crippen MR) is 131 cm³/mol. The molecule has 7 heteroatoms. The van der Waals surface area contributed by atoms with Crippen molar-refractivity contribution in [2.75, 3.05) is 14.2 Å². The van der Waals surface area contributed by atoms with E-state index in [4.69, 9.17) is 18.9 Å². The van der Waals surface area contributed by atoms with E-state index in [1.807, 2.05) is 24.4 Å². The average molecular weight is 469 g/mol. The number of nitrogens with zero attached hydrogens (tertiary/aromatic N) is 1. The number of hydrogen-bond donors (Lipinski definition) is 0. The summed E-state index contributed by atoms with van der Waals surface area (Å²) in [5.74, 6) is 1.34. The molecule has 0 saturated carbocycles. The number of benzene rings is 3. The summed E-state index contributed by atoms with van der Waals surface area (Å²) in [4.78, 5) is 25.6. The molecule has 5 rings (SSSR count). The first kappa shape index (κ1) is 22.3. The Balaban J connectivity index is 1.42. The van der Waals surface area contributed by atoms with E-state index in [1.54, 1.807) is 55.7 Å². The molecule has 0 saturated heterocycles. The molecule has 0 fully saturated rings. The van der Waals surface area contributed by atoms with Gasteiger partial charge in [-0.3, -0.25) is 4.79 Å². The van der Waals surface area contributed by atoms with Crippen LogP contribution in [0.5, 0.6) is 23.0 Å². The largest absolute Gasteiger partial charge is 0.497 e. The van der Waals surface area contributed by atoms with Crippen LogP contribution in [0.15, 0.2) is 72.6 Å². The van der Waals surface area contributed by atoms with E-state index in [1.165, 1.54) is 7.11 Å². The van der Waals surface area contributed by atoms with Gasteiger partial charge >= 0.3 is 5.97 Å². The monoisotopic (exact) mass is 469 g/mol. The van der Waals surface area contributed by atoms with Gasteiger partial charge in [0.15, 0.2) is 5.76 Å². The van der Waals surface area contributed by atoms with Crippen molar-refractivity contribution in [3.63, 3.8) is 0 Å². The summed E-state index contributed by atoms with van der Waals surface area (Å²) in [6.45, 7) is 2.84. The van der Waals surface area contributed by atoms with Crippen LogP contribution >= 0.6 is 0 Å². The number of aryl methyl sites for hydroxylation is 1. The van der Waals surface area contributed by atoms with E-state index in [9.17, 15) is 9.59 Å². The highest BCUT2D eigenvalue weighted by Crippen LogP contribution is 2.36. The quantitative estimate of drug-likeness (QED) is 0.210. The molecule has 7 nitrogen and oxygen atoms in total. The highest BCUT2D eigenvalue weighted by Gasteiger charge is 2.28. The van der Waals surface area contributed by atoms with Crippen molar-refractivity contribution in [1.82, 2.24) is 4.57 Å². The lowest BCUT2D eigenvalue weighted by atomic mass is 10.1. The molecule has 2 heterocycles. The number of hydrogen-bond acceptors (Lipinski definition) is 6. The number of carbonyl (C=O) groups is 2. The third kappa shape index (κ3) is 4.12. The van der Waals surface area contributed by atoms with Crippen molar-refractivity contribution in [3.8, 4) is 23.0 Å². The van der Waals surface area contributed by atoms with Crippen LogP contribution < -0.4 is 18.9 Å². The summed E-state index contributed by atoms with van der Waals surface area (Å²) in [5, 5.41) is 0.957. The van der Waals surface area contributed by atoms with Crippen LogP contribution in [0.2, 0.25) is 0 Å². The number of rotatable bonds is 6. The Morgan fingerprint density at radius 1 is 0.971 bits per heavy atom. The van der Waals surface area contributed by atoms with E-state index in [0.717, 1.165) is 28.8 Å². The molecule has 1 aliphatic rings. The van der Waals surface area contributed by atoms with Gasteiger partial charge < -0.3 is 23.5 Å². The van der Waals surface area contributed by atoms with Crippen LogP contribution in [0.3, 0.4) is 0 Å². The van der Waals surface area contributed by atoms with Gasteiger partial charge in [0.25, 0.3) is 0 Å². The van der Waals surface area contributed by atoms with Crippen molar-refractivity contribution < 1.29 is 28.5 Å². The zero-order chi connectivity index (χ0) is 24.5. The third-order valence-electron chi connectivity index (χ3n) is 5.90. The maximum atomic E-state index is 13.0. The van der Waals surface area contributed by atoms with E-state index in [2.05, 4.69) is 11.5 Å². The summed E-state index contributed by atoms with van der Waals surface area (Å²) < 4.78 is 24.0. The first-order valence-electron chi connectivity index (χ1n) is 11.1. The molecule has 0 bridgehead atoms. The highest BCUT2D eigenvalue weighted by molar-refractivity contribution is 6.15. The zero-order valence-electron chi connectivity index (χ0n) is 19.5. The number of ketones is 1. The van der Waals surface area contributed by atoms with Gasteiger partial charge in [-0.2, -0.15) is 0 Å². The van der Waals surface area contributed by atoms with Crippen molar-refractivity contribution in [2.24, 2.45) is 0 Å². The van der Waals surface area contributed by atoms with Crippen molar-refractivity contribution in [1.29, 1.82) is 0 Å². The molecule has 0 aliphatic carbocycles. The molecule has 1 aromatic heterocycles. The van der Waals surface area contributed by atoms with E-state index in [-0.39, 0.29) is 17.3 Å². The Morgan fingerprint density at radius 3 is 2.51 bits per heavy atom. The molecule has 0 atom stereocenters. The molecule has 4 aromatic rings. The topological polar surface area (TPSA) is 76.0 Å². The Labute approximate surface area is 202 Å². The minimum absolute atomic E-state index is 0.203. The van der Waals surface area contributed by atoms with E-state index < -0.39 is 5.97 Å². The summed E-state index contributed by atoms with van der Waals surface area (Å²) in [7, 11) is 3.15. The molecule has 0 radical (unpaired) electrons. The standard InChI is InChI=1S/C28H23NO6/c1-4-29-16-18(23-14-20(33-3)9-11-24(23)29)13-26-27(30)22-10-8-21(15-25(22)35-26)34-28(31)17-6-5-7-19(12-17)32-2/h5-16H,4H2,1-3H3/b26-13+. The molecule has 0 N–H and O–H groups in total. The predicted octanol–water partition coefficient (Wildman–Crippen LogP) is 5.51. The van der Waals surface area contributed by atoms with Crippen molar-refractivity contribution in [2.45, 2.75) is 13.5 Å². The SMILES string of the molecule is CCn1cc(/C=C2/Oc3cc(OC(=O)c4cccc(OC)c4)ccc3C2=O)c2cc(OC)ccc21. The van der Waals surface area contributed by atoms with Crippen LogP contribution in [-0.4, -0.2) is 30.5 Å². The molecule has 3 aromatic carbocycles. The number of Topliss-reactive ketones (excluding diaryl/α,β-unsaturated/α-hetero) is 1. The molecule has 1 aliphatic heterocycles. The molecule has 176 valence electrons. The van der Waals surface area contributed by atoms with Crippen LogP contribution in [0.4, 0.5) is 0 Å². The Hall–Kier alpha value is -4.52. The van der Waals surface area contributed by atoms with Crippen molar-refractivity contribution >= 4 is 28.7 Å². The maximum absolute atomic E-state index is 13.0. The van der Waals surface area contributed by atoms with Gasteiger partial charge in [-0.1, -0.05) is 6.07 Å². The summed E-state index contributed by atoms with van der Waals surface area (Å²) in [6.07, 6.45) is 3.72. The van der Waals surface area contributed by atoms with Crippen LogP contribution in [0.1, 0.15) is 33.2 Å². The van der Waals surface area contributed by atoms with E-state index >= 15 is 0 Å². The number of aromatic nitrogens is 1. The molecular formula is C28H23NO6. The van der Waals surface area contributed by atoms with Gasteiger partial charge in [0.05, 0.1) is 25.3 Å². The van der Waals surface area contributed by atoms with E-state index in [0.29, 0.717) is 22.6 Å². The van der Waals surface area contributed by atoms with Crippen LogP contribution in [0, 0.1) is 0 Å². The molecular weight excluding hydrogens is 446 g/mol. The minimum Gasteiger partial charge on any atom is -0.497 e. The summed E-state index contributed by atoms with van der Waals surface area (Å²) in [5.41, 5.74) is 2.65. The molecule has 0 spiro atoms. The van der Waals surface area contributed by atoms with Gasteiger partial charge in [0, 0.05) is 35.3 Å². The Bertz CT molecular complexity index is 1500. The normalized spacial score (nSPS) is 13.6. The van der Waals surface area contributed by atoms with Gasteiger partial charge in [0.2, 0.25) is 5.78 Å². The Morgan fingerprint density at radius 2 is 1.74 bits per heavy atom. The smallest absolute Gasteiger partial charge is 0.343 e. The lowest BCUT2D eigenvalue weighted by molar-refractivity contribution is 0.0734. The third-order valence-corrected chi connectivity index (χ3v) is 5.90. The first-order chi connectivity index (χ1) is 17.0. The lowest BCUT2D eigenvalue weighted by Crippen LogP contribution is -2.08. The average Bonchev–Trinajstić information content (AvgIpc) is 3.40. The second-order valence-electron chi connectivity index (χ2n) is 7.97. The van der Waals surface area contributed by atoms with Gasteiger partial charge in [-0.05, 0) is 61.5 Å².